The van der Waals surface area contributed by atoms with Gasteiger partial charge in [0.05, 0.1) is 11.2 Å². The molecule has 0 amide bonds. The number of guanidine groups is 2. The average Bonchev–Trinajstić information content (AvgIpc) is 2.61. The Kier molecular flexibility index (Phi) is 2.70. The van der Waals surface area contributed by atoms with Crippen LogP contribution in [0, 0.1) is 6.92 Å². The maximum atomic E-state index is 5.59. The number of nitrogens with zero attached hydrogens (tertiary/aromatic N) is 2. The SMILES string of the molecule is Cc1c[nH]c2c(N=C(N)N=C(N)N)cccc12. The van der Waals surface area contributed by atoms with Crippen molar-refractivity contribution in [2.24, 2.45) is 27.2 Å². The molecule has 0 aliphatic heterocycles. The maximum Gasteiger partial charge on any atom is 0.223 e. The zero-order valence-corrected chi connectivity index (χ0v) is 9.44. The van der Waals surface area contributed by atoms with Crippen molar-refractivity contribution < 1.29 is 0 Å². The summed E-state index contributed by atoms with van der Waals surface area (Å²) in [5, 5.41) is 1.10. The molecule has 2 aromatic rings. The Bertz CT molecular complexity index is 603. The largest absolute Gasteiger partial charge is 0.370 e. The van der Waals surface area contributed by atoms with Gasteiger partial charge in [-0.3, -0.25) is 0 Å². The first-order valence-corrected chi connectivity index (χ1v) is 5.08. The van der Waals surface area contributed by atoms with Gasteiger partial charge in [0.1, 0.15) is 0 Å². The molecule has 0 aliphatic carbocycles. The second kappa shape index (κ2) is 4.17. The fraction of sp³-hybridized carbons (Fsp3) is 0.0909. The molecule has 0 spiro atoms. The molecule has 1 aromatic heterocycles. The maximum absolute atomic E-state index is 5.59. The Morgan fingerprint density at radius 3 is 2.71 bits per heavy atom. The van der Waals surface area contributed by atoms with Crippen LogP contribution in [0.1, 0.15) is 5.56 Å². The molecule has 0 fully saturated rings. The Labute approximate surface area is 98.2 Å². The van der Waals surface area contributed by atoms with Crippen molar-refractivity contribution in [3.63, 3.8) is 0 Å². The summed E-state index contributed by atoms with van der Waals surface area (Å²) in [7, 11) is 0. The number of aliphatic imine (C=N–C) groups is 2. The highest BCUT2D eigenvalue weighted by atomic mass is 15.1. The van der Waals surface area contributed by atoms with Gasteiger partial charge in [-0.2, -0.15) is 4.99 Å². The molecule has 0 aliphatic rings. The molecule has 0 bridgehead atoms. The number of benzene rings is 1. The Hall–Kier alpha value is -2.50. The summed E-state index contributed by atoms with van der Waals surface area (Å²) in [6.07, 6.45) is 1.92. The van der Waals surface area contributed by atoms with Gasteiger partial charge >= 0.3 is 0 Å². The van der Waals surface area contributed by atoms with E-state index < -0.39 is 0 Å². The van der Waals surface area contributed by atoms with Crippen LogP contribution in [0.3, 0.4) is 0 Å². The lowest BCUT2D eigenvalue weighted by molar-refractivity contribution is 1.37. The summed E-state index contributed by atoms with van der Waals surface area (Å²) < 4.78 is 0. The Balaban J connectivity index is 2.53. The predicted molar refractivity (Wildman–Crippen MR) is 70.1 cm³/mol. The lowest BCUT2D eigenvalue weighted by Gasteiger charge is -1.98. The van der Waals surface area contributed by atoms with Crippen LogP contribution in [0.15, 0.2) is 34.4 Å². The number of rotatable bonds is 1. The zero-order valence-electron chi connectivity index (χ0n) is 9.44. The van der Waals surface area contributed by atoms with Crippen molar-refractivity contribution >= 4 is 28.5 Å². The van der Waals surface area contributed by atoms with Gasteiger partial charge in [-0.15, -0.1) is 0 Å². The van der Waals surface area contributed by atoms with Crippen LogP contribution in [0.4, 0.5) is 5.69 Å². The molecule has 1 heterocycles. The van der Waals surface area contributed by atoms with Crippen LogP contribution < -0.4 is 17.2 Å². The van der Waals surface area contributed by atoms with Crippen LogP contribution >= 0.6 is 0 Å². The van der Waals surface area contributed by atoms with Crippen molar-refractivity contribution in [2.75, 3.05) is 0 Å². The molecular formula is C11H14N6. The van der Waals surface area contributed by atoms with E-state index >= 15 is 0 Å². The van der Waals surface area contributed by atoms with E-state index in [1.165, 1.54) is 0 Å². The number of nitrogens with one attached hydrogen (secondary N) is 1. The van der Waals surface area contributed by atoms with Crippen LogP contribution in [-0.4, -0.2) is 16.9 Å². The normalized spacial score (nSPS) is 11.7. The highest BCUT2D eigenvalue weighted by Crippen LogP contribution is 2.26. The molecule has 6 heteroatoms. The van der Waals surface area contributed by atoms with Gasteiger partial charge in [0.15, 0.2) is 5.96 Å². The van der Waals surface area contributed by atoms with Gasteiger partial charge in [0.25, 0.3) is 0 Å². The molecule has 17 heavy (non-hydrogen) atoms. The van der Waals surface area contributed by atoms with Crippen molar-refractivity contribution in [1.29, 1.82) is 0 Å². The van der Waals surface area contributed by atoms with Crippen LogP contribution in [0.2, 0.25) is 0 Å². The van der Waals surface area contributed by atoms with Gasteiger partial charge < -0.3 is 22.2 Å². The lowest BCUT2D eigenvalue weighted by Crippen LogP contribution is -2.26. The number of hydrogen-bond donors (Lipinski definition) is 4. The third kappa shape index (κ3) is 2.20. The van der Waals surface area contributed by atoms with Gasteiger partial charge in [0, 0.05) is 11.6 Å². The third-order valence-electron chi connectivity index (χ3n) is 2.38. The average molecular weight is 230 g/mol. The van der Waals surface area contributed by atoms with E-state index in [4.69, 9.17) is 17.2 Å². The number of aryl methyl sites for hydroxylation is 1. The number of hydrogen-bond acceptors (Lipinski definition) is 1. The van der Waals surface area contributed by atoms with Crippen molar-refractivity contribution in [1.82, 2.24) is 4.98 Å². The molecule has 2 rings (SSSR count). The molecule has 0 unspecified atom stereocenters. The highest BCUT2D eigenvalue weighted by Gasteiger charge is 2.04. The van der Waals surface area contributed by atoms with Crippen LogP contribution in [0.5, 0.6) is 0 Å². The first-order valence-electron chi connectivity index (χ1n) is 5.08. The van der Waals surface area contributed by atoms with Gasteiger partial charge in [0.2, 0.25) is 5.96 Å². The van der Waals surface area contributed by atoms with Gasteiger partial charge in [-0.25, -0.2) is 4.99 Å². The summed E-state index contributed by atoms with van der Waals surface area (Å²) >= 11 is 0. The van der Waals surface area contributed by atoms with Crippen molar-refractivity contribution in [2.45, 2.75) is 6.92 Å². The van der Waals surface area contributed by atoms with E-state index in [0.717, 1.165) is 16.5 Å². The fourth-order valence-corrected chi connectivity index (χ4v) is 1.65. The minimum atomic E-state index is -0.110. The van der Waals surface area contributed by atoms with E-state index in [1.54, 1.807) is 0 Å². The topological polar surface area (TPSA) is 119 Å². The molecule has 88 valence electrons. The highest BCUT2D eigenvalue weighted by molar-refractivity contribution is 5.98. The molecule has 1 aromatic carbocycles. The summed E-state index contributed by atoms with van der Waals surface area (Å²) in [4.78, 5) is 11.0. The predicted octanol–water partition coefficient (Wildman–Crippen LogP) is 0.696. The minimum absolute atomic E-state index is 0.0322. The number of nitrogens with two attached hydrogens (primary N) is 3. The zero-order chi connectivity index (χ0) is 12.4. The molecule has 0 saturated heterocycles. The first-order chi connectivity index (χ1) is 8.08. The first kappa shape index (κ1) is 11.0. The van der Waals surface area contributed by atoms with E-state index in [-0.39, 0.29) is 11.9 Å². The second-order valence-corrected chi connectivity index (χ2v) is 3.68. The smallest absolute Gasteiger partial charge is 0.223 e. The molecule has 0 atom stereocenters. The van der Waals surface area contributed by atoms with Crippen molar-refractivity contribution in [3.05, 3.63) is 30.0 Å². The van der Waals surface area contributed by atoms with E-state index in [0.29, 0.717) is 5.69 Å². The quantitative estimate of drug-likeness (QED) is 0.426. The standard InChI is InChI=1S/C11H14N6/c1-6-5-15-9-7(6)3-2-4-8(9)16-11(14)17-10(12)13/h2-5,15H,1H3,(H6,12,13,14,16,17). The summed E-state index contributed by atoms with van der Waals surface area (Å²) in [5.41, 5.74) is 18.8. The number of H-pyrrole nitrogens is 1. The summed E-state index contributed by atoms with van der Waals surface area (Å²) in [6, 6.07) is 5.76. The van der Waals surface area contributed by atoms with Crippen LogP contribution in [0.25, 0.3) is 10.9 Å². The summed E-state index contributed by atoms with van der Waals surface area (Å²) in [5.74, 6) is -0.0779. The van der Waals surface area contributed by atoms with E-state index in [9.17, 15) is 0 Å². The number of fused-ring (bicyclic) bond motifs is 1. The molecule has 7 N–H and O–H groups in total. The second-order valence-electron chi connectivity index (χ2n) is 3.68. The molecule has 0 saturated carbocycles. The molecule has 0 radical (unpaired) electrons. The molecular weight excluding hydrogens is 216 g/mol. The fourth-order valence-electron chi connectivity index (χ4n) is 1.65. The summed E-state index contributed by atoms with van der Waals surface area (Å²) in [6.45, 7) is 2.02. The number of para-hydroxylation sites is 1. The minimum Gasteiger partial charge on any atom is -0.370 e. The monoisotopic (exact) mass is 230 g/mol. The number of aromatic nitrogens is 1. The van der Waals surface area contributed by atoms with Crippen molar-refractivity contribution in [3.8, 4) is 0 Å². The lowest BCUT2D eigenvalue weighted by atomic mass is 10.2. The Morgan fingerprint density at radius 1 is 1.24 bits per heavy atom. The third-order valence-corrected chi connectivity index (χ3v) is 2.38. The number of aromatic amines is 1. The van der Waals surface area contributed by atoms with Crippen LogP contribution in [-0.2, 0) is 0 Å². The van der Waals surface area contributed by atoms with E-state index in [1.807, 2.05) is 31.3 Å². The van der Waals surface area contributed by atoms with Gasteiger partial charge in [-0.05, 0) is 18.6 Å². The van der Waals surface area contributed by atoms with Gasteiger partial charge in [-0.1, -0.05) is 12.1 Å². The Morgan fingerprint density at radius 2 is 2.00 bits per heavy atom. The molecule has 6 nitrogen and oxygen atoms in total. The van der Waals surface area contributed by atoms with E-state index in [2.05, 4.69) is 15.0 Å².